The fourth-order valence-corrected chi connectivity index (χ4v) is 3.37. The molecule has 9 nitrogen and oxygen atoms in total. The minimum Gasteiger partial charge on any atom is -0.493 e. The van der Waals surface area contributed by atoms with Gasteiger partial charge < -0.3 is 18.4 Å². The molecule has 3 aromatic heterocycles. The third kappa shape index (κ3) is 2.79. The first-order chi connectivity index (χ1) is 14.7. The number of rotatable bonds is 5. The van der Waals surface area contributed by atoms with E-state index < -0.39 is 0 Å². The number of nitrogens with zero attached hydrogens (tertiary/aromatic N) is 4. The molecule has 9 heteroatoms. The van der Waals surface area contributed by atoms with Crippen LogP contribution < -0.4 is 15.0 Å². The van der Waals surface area contributed by atoms with Gasteiger partial charge >= 0.3 is 0 Å². The monoisotopic (exact) mass is 404 g/mol. The highest BCUT2D eigenvalue weighted by Crippen LogP contribution is 2.36. The van der Waals surface area contributed by atoms with Crippen molar-refractivity contribution < 1.29 is 18.4 Å². The van der Waals surface area contributed by atoms with E-state index in [4.69, 9.17) is 18.4 Å². The normalized spacial score (nSPS) is 11.3. The number of hydrogen-bond donors (Lipinski definition) is 0. The molecule has 0 saturated heterocycles. The minimum absolute atomic E-state index is 0.0537. The van der Waals surface area contributed by atoms with E-state index >= 15 is 0 Å². The van der Waals surface area contributed by atoms with Gasteiger partial charge in [-0.3, -0.25) is 9.36 Å². The number of furan rings is 1. The average Bonchev–Trinajstić information content (AvgIpc) is 3.40. The van der Waals surface area contributed by atoms with Gasteiger partial charge in [-0.15, -0.1) is 0 Å². The predicted molar refractivity (Wildman–Crippen MR) is 108 cm³/mol. The molecule has 30 heavy (non-hydrogen) atoms. The number of para-hydroxylation sites is 2. The summed E-state index contributed by atoms with van der Waals surface area (Å²) in [6.45, 7) is 0.0537. The second-order valence-corrected chi connectivity index (χ2v) is 6.51. The van der Waals surface area contributed by atoms with Crippen molar-refractivity contribution in [3.8, 4) is 22.9 Å². The maximum Gasteiger partial charge on any atom is 0.297 e. The van der Waals surface area contributed by atoms with Crippen LogP contribution in [0, 0.1) is 0 Å². The van der Waals surface area contributed by atoms with Crippen LogP contribution in [0.4, 0.5) is 0 Å². The van der Waals surface area contributed by atoms with Crippen LogP contribution in [0.3, 0.4) is 0 Å². The lowest BCUT2D eigenvalue weighted by Gasteiger charge is -2.09. The summed E-state index contributed by atoms with van der Waals surface area (Å²) in [5.74, 6) is 1.62. The Balaban J connectivity index is 1.52. The van der Waals surface area contributed by atoms with Crippen LogP contribution in [0.2, 0.25) is 0 Å². The first-order valence-corrected chi connectivity index (χ1v) is 9.10. The zero-order valence-electron chi connectivity index (χ0n) is 16.2. The van der Waals surface area contributed by atoms with Crippen LogP contribution in [0.25, 0.3) is 33.5 Å². The molecular formula is C21H16N4O5. The fraction of sp³-hybridized carbons (Fsp3) is 0.143. The lowest BCUT2D eigenvalue weighted by atomic mass is 10.1. The van der Waals surface area contributed by atoms with Crippen LogP contribution in [-0.4, -0.2) is 33.9 Å². The molecule has 0 unspecified atom stereocenters. The van der Waals surface area contributed by atoms with Crippen molar-refractivity contribution >= 4 is 22.1 Å². The first-order valence-electron chi connectivity index (χ1n) is 9.10. The van der Waals surface area contributed by atoms with Crippen molar-refractivity contribution in [1.82, 2.24) is 19.7 Å². The molecule has 0 aliphatic heterocycles. The number of benzene rings is 2. The molecule has 0 bridgehead atoms. The van der Waals surface area contributed by atoms with Crippen LogP contribution in [0.1, 0.15) is 5.89 Å². The van der Waals surface area contributed by atoms with Gasteiger partial charge in [0.1, 0.15) is 17.6 Å². The quantitative estimate of drug-likeness (QED) is 0.439. The van der Waals surface area contributed by atoms with Crippen molar-refractivity contribution in [1.29, 1.82) is 0 Å². The van der Waals surface area contributed by atoms with Gasteiger partial charge in [-0.05, 0) is 24.3 Å². The summed E-state index contributed by atoms with van der Waals surface area (Å²) in [6.07, 6.45) is 1.45. The Labute approximate surface area is 169 Å². The number of fused-ring (bicyclic) bond motifs is 3. The molecule has 0 amide bonds. The van der Waals surface area contributed by atoms with E-state index in [1.807, 2.05) is 18.2 Å². The maximum atomic E-state index is 12.9. The van der Waals surface area contributed by atoms with Crippen molar-refractivity contribution in [2.75, 3.05) is 14.2 Å². The van der Waals surface area contributed by atoms with E-state index in [1.54, 1.807) is 31.4 Å². The molecule has 0 spiro atoms. The molecule has 5 aromatic rings. The van der Waals surface area contributed by atoms with E-state index in [2.05, 4.69) is 15.1 Å². The number of aromatic nitrogens is 4. The van der Waals surface area contributed by atoms with Gasteiger partial charge in [-0.1, -0.05) is 23.4 Å². The van der Waals surface area contributed by atoms with Gasteiger partial charge in [0.2, 0.25) is 17.3 Å². The number of methoxy groups -OCH3 is 2. The fourth-order valence-electron chi connectivity index (χ4n) is 3.37. The van der Waals surface area contributed by atoms with Crippen LogP contribution >= 0.6 is 0 Å². The van der Waals surface area contributed by atoms with Crippen molar-refractivity contribution in [2.24, 2.45) is 0 Å². The molecule has 0 atom stereocenters. The van der Waals surface area contributed by atoms with Crippen molar-refractivity contribution in [3.05, 3.63) is 65.0 Å². The van der Waals surface area contributed by atoms with Crippen LogP contribution in [0.5, 0.6) is 11.5 Å². The Morgan fingerprint density at radius 1 is 1.07 bits per heavy atom. The van der Waals surface area contributed by atoms with Crippen LogP contribution in [0.15, 0.2) is 62.5 Å². The van der Waals surface area contributed by atoms with Gasteiger partial charge in [0, 0.05) is 5.39 Å². The van der Waals surface area contributed by atoms with E-state index in [0.29, 0.717) is 34.0 Å². The largest absolute Gasteiger partial charge is 0.493 e. The van der Waals surface area contributed by atoms with Gasteiger partial charge in [-0.2, -0.15) is 4.98 Å². The highest BCUT2D eigenvalue weighted by atomic mass is 16.5. The Hall–Kier alpha value is -4.14. The van der Waals surface area contributed by atoms with Gasteiger partial charge in [-0.25, -0.2) is 4.98 Å². The molecule has 0 fully saturated rings. The second-order valence-electron chi connectivity index (χ2n) is 6.51. The van der Waals surface area contributed by atoms with Crippen molar-refractivity contribution in [3.63, 3.8) is 0 Å². The average molecular weight is 404 g/mol. The highest BCUT2D eigenvalue weighted by Gasteiger charge is 2.18. The van der Waals surface area contributed by atoms with Gasteiger partial charge in [0.15, 0.2) is 11.5 Å². The summed E-state index contributed by atoms with van der Waals surface area (Å²) in [7, 11) is 3.09. The van der Waals surface area contributed by atoms with E-state index in [0.717, 1.165) is 5.39 Å². The van der Waals surface area contributed by atoms with E-state index in [-0.39, 0.29) is 23.6 Å². The minimum atomic E-state index is -0.324. The van der Waals surface area contributed by atoms with Crippen LogP contribution in [-0.2, 0) is 6.54 Å². The Morgan fingerprint density at radius 3 is 2.77 bits per heavy atom. The maximum absolute atomic E-state index is 12.9. The molecule has 2 aromatic carbocycles. The Bertz CT molecular complexity index is 1430. The standard InChI is InChI=1S/C21H16N4O5/c1-27-15-9-5-7-13(18(15)28-2)20-23-16(30-24-20)10-25-11-22-17-12-6-3-4-8-14(12)29-19(17)21(25)26/h3-9,11H,10H2,1-2H3. The topological polar surface area (TPSA) is 105 Å². The first kappa shape index (κ1) is 17.9. The Kier molecular flexibility index (Phi) is 4.20. The second kappa shape index (κ2) is 7.03. The molecular weight excluding hydrogens is 388 g/mol. The third-order valence-electron chi connectivity index (χ3n) is 4.77. The summed E-state index contributed by atoms with van der Waals surface area (Å²) in [6, 6.07) is 12.8. The SMILES string of the molecule is COc1cccc(-c2noc(Cn3cnc4c(oc5ccccc54)c3=O)n2)c1OC. The predicted octanol–water partition coefficient (Wildman–Crippen LogP) is 3.26. The lowest BCUT2D eigenvalue weighted by molar-refractivity contribution is 0.354. The molecule has 0 aliphatic rings. The smallest absolute Gasteiger partial charge is 0.297 e. The molecule has 0 saturated carbocycles. The molecule has 0 radical (unpaired) electrons. The number of ether oxygens (including phenoxy) is 2. The Morgan fingerprint density at radius 2 is 1.93 bits per heavy atom. The third-order valence-corrected chi connectivity index (χ3v) is 4.77. The van der Waals surface area contributed by atoms with Gasteiger partial charge in [0.05, 0.1) is 26.1 Å². The lowest BCUT2D eigenvalue weighted by Crippen LogP contribution is -2.20. The zero-order valence-corrected chi connectivity index (χ0v) is 16.2. The van der Waals surface area contributed by atoms with E-state index in [1.165, 1.54) is 18.0 Å². The summed E-state index contributed by atoms with van der Waals surface area (Å²) in [5.41, 5.74) is 1.62. The summed E-state index contributed by atoms with van der Waals surface area (Å²) in [4.78, 5) is 21.6. The molecule has 0 N–H and O–H groups in total. The molecule has 150 valence electrons. The summed E-state index contributed by atoms with van der Waals surface area (Å²) in [5, 5.41) is 4.81. The zero-order chi connectivity index (χ0) is 20.7. The summed E-state index contributed by atoms with van der Waals surface area (Å²) < 4.78 is 23.1. The molecule has 5 rings (SSSR count). The highest BCUT2D eigenvalue weighted by molar-refractivity contribution is 6.01. The number of hydrogen-bond acceptors (Lipinski definition) is 8. The van der Waals surface area contributed by atoms with Gasteiger partial charge in [0.25, 0.3) is 5.56 Å². The summed E-state index contributed by atoms with van der Waals surface area (Å²) >= 11 is 0. The molecule has 3 heterocycles. The molecule has 0 aliphatic carbocycles. The van der Waals surface area contributed by atoms with Crippen molar-refractivity contribution in [2.45, 2.75) is 6.54 Å². The van der Waals surface area contributed by atoms with E-state index in [9.17, 15) is 4.79 Å².